The first-order chi connectivity index (χ1) is 7.06. The number of nitrogens with one attached hydrogen (secondary N) is 1. The molecular weight excluding hydrogens is 300 g/mol. The third-order valence-electron chi connectivity index (χ3n) is 1.57. The molecule has 0 aliphatic heterocycles. The van der Waals surface area contributed by atoms with E-state index in [9.17, 15) is 8.42 Å². The van der Waals surface area contributed by atoms with E-state index >= 15 is 0 Å². The lowest BCUT2D eigenvalue weighted by Gasteiger charge is -2.02. The predicted molar refractivity (Wildman–Crippen MR) is 62.1 cm³/mol. The molecule has 0 aromatic carbocycles. The van der Waals surface area contributed by atoms with Crippen molar-refractivity contribution in [3.63, 3.8) is 0 Å². The molecule has 1 heterocycles. The summed E-state index contributed by atoms with van der Waals surface area (Å²) in [6.07, 6.45) is 0.888. The molecule has 7 heteroatoms. The van der Waals surface area contributed by atoms with E-state index < -0.39 is 10.0 Å². The van der Waals surface area contributed by atoms with Gasteiger partial charge in [0.1, 0.15) is 4.21 Å². The van der Waals surface area contributed by atoms with Crippen molar-refractivity contribution in [2.75, 3.05) is 6.54 Å². The van der Waals surface area contributed by atoms with Crippen LogP contribution in [0.4, 0.5) is 0 Å². The summed E-state index contributed by atoms with van der Waals surface area (Å²) in [5.74, 6) is 0. The van der Waals surface area contributed by atoms with E-state index in [2.05, 4.69) is 20.7 Å². The summed E-state index contributed by atoms with van der Waals surface area (Å²) in [5, 5.41) is 8.28. The molecular formula is C8H9BrN2O2S2. The lowest BCUT2D eigenvalue weighted by atomic mass is 10.3. The standard InChI is InChI=1S/C8H9BrN2O2S2/c9-7-3-4-8(14-7)15(12,13)11-6-2-1-5-10/h3-4,11H,1-2,6H2. The maximum Gasteiger partial charge on any atom is 0.250 e. The Bertz CT molecular complexity index is 461. The lowest BCUT2D eigenvalue weighted by Crippen LogP contribution is -2.23. The number of nitrogens with zero attached hydrogens (tertiary/aromatic N) is 1. The molecule has 0 radical (unpaired) electrons. The number of unbranched alkanes of at least 4 members (excludes halogenated alkanes) is 1. The minimum atomic E-state index is -3.39. The summed E-state index contributed by atoms with van der Waals surface area (Å²) in [5.41, 5.74) is 0. The Kier molecular flexibility index (Phi) is 4.73. The third kappa shape index (κ3) is 3.91. The van der Waals surface area contributed by atoms with Crippen LogP contribution < -0.4 is 4.72 Å². The molecule has 0 bridgehead atoms. The van der Waals surface area contributed by atoms with Crippen LogP contribution in [0.1, 0.15) is 12.8 Å². The molecule has 0 saturated carbocycles. The van der Waals surface area contributed by atoms with Gasteiger partial charge in [0.25, 0.3) is 0 Å². The van der Waals surface area contributed by atoms with E-state index in [0.29, 0.717) is 19.4 Å². The van der Waals surface area contributed by atoms with Gasteiger partial charge in [0.2, 0.25) is 10.0 Å². The van der Waals surface area contributed by atoms with Crippen LogP contribution >= 0.6 is 27.3 Å². The highest BCUT2D eigenvalue weighted by molar-refractivity contribution is 9.11. The molecule has 0 amide bonds. The van der Waals surface area contributed by atoms with Gasteiger partial charge in [-0.1, -0.05) is 0 Å². The highest BCUT2D eigenvalue weighted by atomic mass is 79.9. The molecule has 0 atom stereocenters. The van der Waals surface area contributed by atoms with Gasteiger partial charge in [-0.2, -0.15) is 5.26 Å². The Morgan fingerprint density at radius 3 is 2.80 bits per heavy atom. The van der Waals surface area contributed by atoms with Crippen LogP contribution in [0.5, 0.6) is 0 Å². The Morgan fingerprint density at radius 2 is 2.27 bits per heavy atom. The summed E-state index contributed by atoms with van der Waals surface area (Å²) >= 11 is 4.36. The van der Waals surface area contributed by atoms with Gasteiger partial charge in [0.15, 0.2) is 0 Å². The van der Waals surface area contributed by atoms with E-state index in [-0.39, 0.29) is 4.21 Å². The number of thiophene rings is 1. The number of rotatable bonds is 5. The Balaban J connectivity index is 2.57. The van der Waals surface area contributed by atoms with Crippen LogP contribution in [0.15, 0.2) is 20.1 Å². The molecule has 1 N–H and O–H groups in total. The molecule has 15 heavy (non-hydrogen) atoms. The maximum atomic E-state index is 11.6. The van der Waals surface area contributed by atoms with Gasteiger partial charge >= 0.3 is 0 Å². The van der Waals surface area contributed by atoms with Gasteiger partial charge in [-0.25, -0.2) is 13.1 Å². The monoisotopic (exact) mass is 308 g/mol. The van der Waals surface area contributed by atoms with Crippen molar-refractivity contribution in [2.24, 2.45) is 0 Å². The van der Waals surface area contributed by atoms with Crippen molar-refractivity contribution < 1.29 is 8.42 Å². The average Bonchev–Trinajstić information content (AvgIpc) is 2.60. The smallest absolute Gasteiger partial charge is 0.210 e. The van der Waals surface area contributed by atoms with Gasteiger partial charge in [-0.15, -0.1) is 11.3 Å². The second kappa shape index (κ2) is 5.61. The summed E-state index contributed by atoms with van der Waals surface area (Å²) in [6.45, 7) is 0.297. The molecule has 82 valence electrons. The van der Waals surface area contributed by atoms with Crippen molar-refractivity contribution in [3.05, 3.63) is 15.9 Å². The van der Waals surface area contributed by atoms with Gasteiger partial charge < -0.3 is 0 Å². The van der Waals surface area contributed by atoms with Crippen LogP contribution in [0.2, 0.25) is 0 Å². The second-order valence-corrected chi connectivity index (χ2v) is 7.17. The van der Waals surface area contributed by atoms with Gasteiger partial charge in [0, 0.05) is 13.0 Å². The number of hydrogen-bond acceptors (Lipinski definition) is 4. The normalized spacial score (nSPS) is 11.2. The van der Waals surface area contributed by atoms with E-state index in [1.165, 1.54) is 0 Å². The fraction of sp³-hybridized carbons (Fsp3) is 0.375. The van der Waals surface area contributed by atoms with Gasteiger partial charge in [-0.3, -0.25) is 0 Å². The van der Waals surface area contributed by atoms with Gasteiger partial charge in [-0.05, 0) is 34.5 Å². The molecule has 0 unspecified atom stereocenters. The minimum absolute atomic E-state index is 0.284. The van der Waals surface area contributed by atoms with Crippen LogP contribution in [0.25, 0.3) is 0 Å². The fourth-order valence-corrected chi connectivity index (χ4v) is 4.02. The highest BCUT2D eigenvalue weighted by Crippen LogP contribution is 2.25. The van der Waals surface area contributed by atoms with Crippen LogP contribution in [-0.2, 0) is 10.0 Å². The molecule has 1 rings (SSSR count). The summed E-state index contributed by atoms with van der Waals surface area (Å²) < 4.78 is 26.7. The van der Waals surface area contributed by atoms with E-state index in [4.69, 9.17) is 5.26 Å². The number of sulfonamides is 1. The van der Waals surface area contributed by atoms with Gasteiger partial charge in [0.05, 0.1) is 9.86 Å². The zero-order valence-corrected chi connectivity index (χ0v) is 11.0. The van der Waals surface area contributed by atoms with E-state index in [1.807, 2.05) is 6.07 Å². The minimum Gasteiger partial charge on any atom is -0.210 e. The molecule has 4 nitrogen and oxygen atoms in total. The average molecular weight is 309 g/mol. The second-order valence-electron chi connectivity index (χ2n) is 2.72. The van der Waals surface area contributed by atoms with Crippen molar-refractivity contribution in [2.45, 2.75) is 17.1 Å². The zero-order chi connectivity index (χ0) is 11.3. The molecule has 0 spiro atoms. The van der Waals surface area contributed by atoms with Crippen molar-refractivity contribution in [1.29, 1.82) is 5.26 Å². The van der Waals surface area contributed by atoms with Crippen molar-refractivity contribution in [1.82, 2.24) is 4.72 Å². The third-order valence-corrected chi connectivity index (χ3v) is 5.15. The number of nitriles is 1. The molecule has 0 aliphatic carbocycles. The predicted octanol–water partition coefficient (Wildman–Crippen LogP) is 2.09. The quantitative estimate of drug-likeness (QED) is 0.847. The summed E-state index contributed by atoms with van der Waals surface area (Å²) in [4.78, 5) is 0. The first kappa shape index (κ1) is 12.6. The van der Waals surface area contributed by atoms with Crippen molar-refractivity contribution in [3.8, 4) is 6.07 Å². The molecule has 0 fully saturated rings. The molecule has 0 saturated heterocycles. The van der Waals surface area contributed by atoms with Crippen LogP contribution in [0, 0.1) is 11.3 Å². The summed E-state index contributed by atoms with van der Waals surface area (Å²) in [6, 6.07) is 5.19. The molecule has 1 aromatic rings. The SMILES string of the molecule is N#CCCCNS(=O)(=O)c1ccc(Br)s1. The number of halogens is 1. The maximum absolute atomic E-state index is 11.6. The Hall–Kier alpha value is -0.420. The fourth-order valence-electron chi connectivity index (χ4n) is 0.887. The topological polar surface area (TPSA) is 70.0 Å². The first-order valence-electron chi connectivity index (χ1n) is 4.18. The largest absolute Gasteiger partial charge is 0.250 e. The lowest BCUT2D eigenvalue weighted by molar-refractivity contribution is 0.581. The van der Waals surface area contributed by atoms with E-state index in [1.54, 1.807) is 12.1 Å². The van der Waals surface area contributed by atoms with Crippen LogP contribution in [0.3, 0.4) is 0 Å². The molecule has 1 aromatic heterocycles. The first-order valence-corrected chi connectivity index (χ1v) is 7.27. The van der Waals surface area contributed by atoms with Crippen molar-refractivity contribution >= 4 is 37.3 Å². The Labute approximate surface area is 101 Å². The van der Waals surface area contributed by atoms with Crippen LogP contribution in [-0.4, -0.2) is 15.0 Å². The highest BCUT2D eigenvalue weighted by Gasteiger charge is 2.15. The van der Waals surface area contributed by atoms with E-state index in [0.717, 1.165) is 15.1 Å². The zero-order valence-electron chi connectivity index (χ0n) is 7.73. The summed E-state index contributed by atoms with van der Waals surface area (Å²) in [7, 11) is -3.39. The Morgan fingerprint density at radius 1 is 1.53 bits per heavy atom. The number of hydrogen-bond donors (Lipinski definition) is 1. The molecule has 0 aliphatic rings.